The molecule has 4 rings (SSSR count). The summed E-state index contributed by atoms with van der Waals surface area (Å²) in [5.74, 6) is -0.758. The van der Waals surface area contributed by atoms with E-state index in [9.17, 15) is 18.0 Å². The van der Waals surface area contributed by atoms with Crippen LogP contribution in [-0.2, 0) is 24.9 Å². The molecule has 0 spiro atoms. The third kappa shape index (κ3) is 5.01. The maximum absolute atomic E-state index is 13.3. The number of imidazole rings is 1. The number of benzene rings is 2. The SMILES string of the molecule is Cc1ccc(C(=O)Nc2ccc(CCl)c(C(F)(F)F)c2)cc1CCc1cnc2cccnn12. The Morgan fingerprint density at radius 3 is 2.67 bits per heavy atom. The van der Waals surface area contributed by atoms with Crippen LogP contribution in [0.4, 0.5) is 18.9 Å². The van der Waals surface area contributed by atoms with Crippen LogP contribution in [0.5, 0.6) is 0 Å². The van der Waals surface area contributed by atoms with E-state index in [1.54, 1.807) is 29.0 Å². The van der Waals surface area contributed by atoms with E-state index in [0.29, 0.717) is 18.4 Å². The highest BCUT2D eigenvalue weighted by atomic mass is 35.5. The Morgan fingerprint density at radius 1 is 1.09 bits per heavy atom. The van der Waals surface area contributed by atoms with Gasteiger partial charge in [0.1, 0.15) is 0 Å². The van der Waals surface area contributed by atoms with Crippen LogP contribution in [0.2, 0.25) is 0 Å². The summed E-state index contributed by atoms with van der Waals surface area (Å²) in [6.07, 6.45) is 0.225. The number of carbonyl (C=O) groups is 1. The molecule has 0 aliphatic heterocycles. The van der Waals surface area contributed by atoms with Crippen molar-refractivity contribution in [3.63, 3.8) is 0 Å². The molecular formula is C24H20ClF3N4O. The van der Waals surface area contributed by atoms with Gasteiger partial charge >= 0.3 is 6.18 Å². The monoisotopic (exact) mass is 472 g/mol. The third-order valence-electron chi connectivity index (χ3n) is 5.43. The third-order valence-corrected chi connectivity index (χ3v) is 5.72. The Bertz CT molecular complexity index is 1320. The number of amides is 1. The fraction of sp³-hybridized carbons (Fsp3) is 0.208. The van der Waals surface area contributed by atoms with E-state index in [0.717, 1.165) is 28.5 Å². The quantitative estimate of drug-likeness (QED) is 0.359. The zero-order valence-corrected chi connectivity index (χ0v) is 18.4. The smallest absolute Gasteiger partial charge is 0.322 e. The van der Waals surface area contributed by atoms with E-state index in [1.165, 1.54) is 12.1 Å². The van der Waals surface area contributed by atoms with Gasteiger partial charge in [-0.2, -0.15) is 18.3 Å². The topological polar surface area (TPSA) is 59.3 Å². The largest absolute Gasteiger partial charge is 0.416 e. The minimum atomic E-state index is -4.56. The molecule has 0 aliphatic rings. The van der Waals surface area contributed by atoms with Crippen LogP contribution in [0.3, 0.4) is 0 Å². The standard InChI is InChI=1S/C24H20ClF3N4O/c1-15-4-5-17(11-16(15)7-9-20-14-29-22-3-2-10-30-32(20)22)23(33)31-19-8-6-18(13-25)21(12-19)24(26,27)28/h2-6,8,10-12,14H,7,9,13H2,1H3,(H,31,33). The second-order valence-corrected chi connectivity index (χ2v) is 7.91. The van der Waals surface area contributed by atoms with Crippen molar-refractivity contribution in [1.29, 1.82) is 0 Å². The van der Waals surface area contributed by atoms with Gasteiger partial charge in [-0.05, 0) is 72.9 Å². The van der Waals surface area contributed by atoms with E-state index in [2.05, 4.69) is 15.4 Å². The molecule has 2 heterocycles. The molecule has 9 heteroatoms. The van der Waals surface area contributed by atoms with Crippen molar-refractivity contribution in [3.05, 3.63) is 94.4 Å². The highest BCUT2D eigenvalue weighted by Crippen LogP contribution is 2.34. The van der Waals surface area contributed by atoms with Gasteiger partial charge in [-0.25, -0.2) is 9.50 Å². The number of carbonyl (C=O) groups excluding carboxylic acids is 1. The molecule has 0 radical (unpaired) electrons. The summed E-state index contributed by atoms with van der Waals surface area (Å²) in [6, 6.07) is 12.5. The van der Waals surface area contributed by atoms with Crippen LogP contribution in [0.25, 0.3) is 5.65 Å². The van der Waals surface area contributed by atoms with E-state index >= 15 is 0 Å². The van der Waals surface area contributed by atoms with Gasteiger partial charge < -0.3 is 5.32 Å². The van der Waals surface area contributed by atoms with Crippen molar-refractivity contribution >= 4 is 28.8 Å². The summed E-state index contributed by atoms with van der Waals surface area (Å²) < 4.78 is 41.6. The number of alkyl halides is 4. The van der Waals surface area contributed by atoms with Crippen LogP contribution < -0.4 is 5.32 Å². The van der Waals surface area contributed by atoms with Crippen molar-refractivity contribution in [1.82, 2.24) is 14.6 Å². The molecule has 170 valence electrons. The molecule has 0 fully saturated rings. The highest BCUT2D eigenvalue weighted by molar-refractivity contribution is 6.17. The van der Waals surface area contributed by atoms with Gasteiger partial charge in [-0.1, -0.05) is 12.1 Å². The van der Waals surface area contributed by atoms with E-state index < -0.39 is 17.6 Å². The fourth-order valence-corrected chi connectivity index (χ4v) is 3.86. The lowest BCUT2D eigenvalue weighted by molar-refractivity contribution is -0.138. The fourth-order valence-electron chi connectivity index (χ4n) is 3.63. The Hall–Kier alpha value is -3.39. The Balaban J connectivity index is 1.52. The molecule has 0 saturated heterocycles. The van der Waals surface area contributed by atoms with E-state index in [-0.39, 0.29) is 17.1 Å². The van der Waals surface area contributed by atoms with Gasteiger partial charge in [0.25, 0.3) is 5.91 Å². The highest BCUT2D eigenvalue weighted by Gasteiger charge is 2.33. The molecule has 0 aliphatic carbocycles. The second-order valence-electron chi connectivity index (χ2n) is 7.64. The number of nitrogens with zero attached hydrogens (tertiary/aromatic N) is 3. The molecular weight excluding hydrogens is 453 g/mol. The zero-order chi connectivity index (χ0) is 23.6. The predicted octanol–water partition coefficient (Wildman–Crippen LogP) is 5.83. The van der Waals surface area contributed by atoms with Crippen LogP contribution in [-0.4, -0.2) is 20.5 Å². The average Bonchev–Trinajstić information content (AvgIpc) is 3.21. The minimum absolute atomic E-state index is 0.0401. The first-order chi connectivity index (χ1) is 15.8. The van der Waals surface area contributed by atoms with Crippen LogP contribution in [0.15, 0.2) is 60.9 Å². The zero-order valence-electron chi connectivity index (χ0n) is 17.7. The molecule has 0 bridgehead atoms. The summed E-state index contributed by atoms with van der Waals surface area (Å²) in [5, 5.41) is 6.86. The van der Waals surface area contributed by atoms with Gasteiger partial charge in [-0.15, -0.1) is 11.6 Å². The Labute approximate surface area is 193 Å². The molecule has 1 amide bonds. The van der Waals surface area contributed by atoms with Gasteiger partial charge in [0.15, 0.2) is 5.65 Å². The lowest BCUT2D eigenvalue weighted by Gasteiger charge is -2.14. The molecule has 0 saturated carbocycles. The number of halogens is 4. The Morgan fingerprint density at radius 2 is 1.91 bits per heavy atom. The predicted molar refractivity (Wildman–Crippen MR) is 121 cm³/mol. The maximum atomic E-state index is 13.3. The maximum Gasteiger partial charge on any atom is 0.416 e. The van der Waals surface area contributed by atoms with Gasteiger partial charge in [0.2, 0.25) is 0 Å². The lowest BCUT2D eigenvalue weighted by atomic mass is 9.99. The summed E-state index contributed by atoms with van der Waals surface area (Å²) in [7, 11) is 0. The number of rotatable bonds is 6. The first-order valence-corrected chi connectivity index (χ1v) is 10.7. The van der Waals surface area contributed by atoms with Crippen LogP contribution in [0, 0.1) is 6.92 Å². The number of aromatic nitrogens is 3. The molecule has 2 aromatic heterocycles. The van der Waals surface area contributed by atoms with E-state index in [1.807, 2.05) is 25.1 Å². The van der Waals surface area contributed by atoms with Gasteiger partial charge in [-0.3, -0.25) is 4.79 Å². The van der Waals surface area contributed by atoms with Crippen molar-refractivity contribution < 1.29 is 18.0 Å². The summed E-state index contributed by atoms with van der Waals surface area (Å²) >= 11 is 5.63. The first-order valence-electron chi connectivity index (χ1n) is 10.2. The Kier molecular flexibility index (Phi) is 6.37. The molecule has 33 heavy (non-hydrogen) atoms. The van der Waals surface area contributed by atoms with Crippen molar-refractivity contribution in [3.8, 4) is 0 Å². The average molecular weight is 473 g/mol. The molecule has 1 N–H and O–H groups in total. The molecule has 5 nitrogen and oxygen atoms in total. The summed E-state index contributed by atoms with van der Waals surface area (Å²) in [4.78, 5) is 17.1. The first kappa shape index (κ1) is 22.8. The van der Waals surface area contributed by atoms with E-state index in [4.69, 9.17) is 11.6 Å². The van der Waals surface area contributed by atoms with Crippen LogP contribution in [0.1, 0.15) is 38.3 Å². The molecule has 2 aromatic carbocycles. The minimum Gasteiger partial charge on any atom is -0.322 e. The number of nitrogens with one attached hydrogen (secondary N) is 1. The summed E-state index contributed by atoms with van der Waals surface area (Å²) in [6.45, 7) is 1.95. The summed E-state index contributed by atoms with van der Waals surface area (Å²) in [5.41, 5.74) is 3.20. The number of fused-ring (bicyclic) bond motifs is 1. The molecule has 0 atom stereocenters. The number of aryl methyl sites for hydroxylation is 3. The van der Waals surface area contributed by atoms with Crippen molar-refractivity contribution in [2.75, 3.05) is 5.32 Å². The second kappa shape index (κ2) is 9.23. The van der Waals surface area contributed by atoms with Gasteiger partial charge in [0.05, 0.1) is 17.5 Å². The lowest BCUT2D eigenvalue weighted by Crippen LogP contribution is -2.15. The van der Waals surface area contributed by atoms with Gasteiger partial charge in [0, 0.05) is 23.3 Å². The van der Waals surface area contributed by atoms with Crippen molar-refractivity contribution in [2.45, 2.75) is 31.8 Å². The molecule has 4 aromatic rings. The number of anilines is 1. The number of hydrogen-bond acceptors (Lipinski definition) is 3. The van der Waals surface area contributed by atoms with Crippen LogP contribution >= 0.6 is 11.6 Å². The van der Waals surface area contributed by atoms with Crippen molar-refractivity contribution in [2.24, 2.45) is 0 Å². The molecule has 0 unspecified atom stereocenters. The normalized spacial score (nSPS) is 11.7. The number of hydrogen-bond donors (Lipinski definition) is 1.